The Morgan fingerprint density at radius 2 is 1.89 bits per heavy atom. The molecule has 0 atom stereocenters. The molecule has 2 aromatic rings. The molecule has 0 saturated heterocycles. The minimum Gasteiger partial charge on any atom is -0.367 e. The molecule has 1 aromatic carbocycles. The first-order chi connectivity index (χ1) is 8.37. The van der Waals surface area contributed by atoms with Crippen LogP contribution in [0.15, 0.2) is 28.8 Å². The predicted octanol–water partition coefficient (Wildman–Crippen LogP) is 1.78. The SMILES string of the molecule is Cc1ccc(-c2c(CS(C)(=O)=O)noc2N)cc1. The molecular formula is C12H14N2O3S. The van der Waals surface area contributed by atoms with Crippen LogP contribution in [0.5, 0.6) is 0 Å². The molecule has 6 heteroatoms. The quantitative estimate of drug-likeness (QED) is 0.915. The van der Waals surface area contributed by atoms with Gasteiger partial charge in [0.15, 0.2) is 9.84 Å². The van der Waals surface area contributed by atoms with Crippen molar-refractivity contribution in [3.63, 3.8) is 0 Å². The molecule has 0 aliphatic carbocycles. The summed E-state index contributed by atoms with van der Waals surface area (Å²) < 4.78 is 27.5. The summed E-state index contributed by atoms with van der Waals surface area (Å²) in [5, 5.41) is 3.72. The number of hydrogen-bond donors (Lipinski definition) is 1. The van der Waals surface area contributed by atoms with E-state index in [1.54, 1.807) is 0 Å². The molecule has 0 aliphatic heterocycles. The second-order valence-electron chi connectivity index (χ2n) is 4.30. The Morgan fingerprint density at radius 3 is 2.44 bits per heavy atom. The van der Waals surface area contributed by atoms with Gasteiger partial charge in [0, 0.05) is 6.26 Å². The molecule has 1 heterocycles. The van der Waals surface area contributed by atoms with Gasteiger partial charge in [-0.05, 0) is 12.5 Å². The fourth-order valence-electron chi connectivity index (χ4n) is 1.71. The smallest absolute Gasteiger partial charge is 0.230 e. The van der Waals surface area contributed by atoms with Gasteiger partial charge in [-0.1, -0.05) is 35.0 Å². The Bertz CT molecular complexity index is 657. The Balaban J connectivity index is 2.50. The molecule has 0 fully saturated rings. The zero-order chi connectivity index (χ0) is 13.3. The van der Waals surface area contributed by atoms with Crippen LogP contribution in [-0.4, -0.2) is 19.8 Å². The summed E-state index contributed by atoms with van der Waals surface area (Å²) in [6.45, 7) is 1.97. The van der Waals surface area contributed by atoms with E-state index in [-0.39, 0.29) is 11.6 Å². The number of nitrogens with zero attached hydrogens (tertiary/aromatic N) is 1. The van der Waals surface area contributed by atoms with E-state index in [1.807, 2.05) is 31.2 Å². The summed E-state index contributed by atoms with van der Waals surface area (Å²) in [5.74, 6) is -0.0470. The number of sulfone groups is 1. The Kier molecular flexibility index (Phi) is 3.13. The van der Waals surface area contributed by atoms with E-state index in [4.69, 9.17) is 10.3 Å². The van der Waals surface area contributed by atoms with Gasteiger partial charge in [-0.3, -0.25) is 0 Å². The van der Waals surface area contributed by atoms with E-state index in [0.717, 1.165) is 17.4 Å². The van der Waals surface area contributed by atoms with Crippen LogP contribution in [0.4, 0.5) is 5.88 Å². The average Bonchev–Trinajstić information content (AvgIpc) is 2.59. The first-order valence-electron chi connectivity index (χ1n) is 5.35. The molecule has 5 nitrogen and oxygen atoms in total. The molecule has 0 amide bonds. The van der Waals surface area contributed by atoms with Crippen molar-refractivity contribution in [2.45, 2.75) is 12.7 Å². The third-order valence-corrected chi connectivity index (χ3v) is 3.33. The van der Waals surface area contributed by atoms with Crippen LogP contribution in [0.3, 0.4) is 0 Å². The first kappa shape index (κ1) is 12.6. The van der Waals surface area contributed by atoms with Crippen LogP contribution in [0.2, 0.25) is 0 Å². The molecule has 18 heavy (non-hydrogen) atoms. The summed E-state index contributed by atoms with van der Waals surface area (Å²) in [5.41, 5.74) is 8.52. The summed E-state index contributed by atoms with van der Waals surface area (Å²) in [6, 6.07) is 7.58. The minimum absolute atomic E-state index is 0.137. The van der Waals surface area contributed by atoms with Crippen LogP contribution in [0.1, 0.15) is 11.3 Å². The standard InChI is InChI=1S/C12H14N2O3S/c1-8-3-5-9(6-4-8)11-10(7-18(2,15)16)14-17-12(11)13/h3-6H,7,13H2,1-2H3. The topological polar surface area (TPSA) is 86.2 Å². The first-order valence-corrected chi connectivity index (χ1v) is 7.41. The molecule has 0 unspecified atom stereocenters. The van der Waals surface area contributed by atoms with E-state index in [2.05, 4.69) is 5.16 Å². The normalized spacial score (nSPS) is 11.7. The van der Waals surface area contributed by atoms with Gasteiger partial charge >= 0.3 is 0 Å². The Morgan fingerprint density at radius 1 is 1.28 bits per heavy atom. The van der Waals surface area contributed by atoms with Crippen LogP contribution in [0.25, 0.3) is 11.1 Å². The maximum atomic E-state index is 11.3. The van der Waals surface area contributed by atoms with Crippen molar-refractivity contribution in [2.24, 2.45) is 0 Å². The largest absolute Gasteiger partial charge is 0.367 e. The highest BCUT2D eigenvalue weighted by molar-refractivity contribution is 7.89. The van der Waals surface area contributed by atoms with Gasteiger partial charge in [-0.25, -0.2) is 8.42 Å². The second-order valence-corrected chi connectivity index (χ2v) is 6.44. The molecule has 0 aliphatic rings. The third kappa shape index (κ3) is 2.70. The highest BCUT2D eigenvalue weighted by Gasteiger charge is 2.19. The number of hydrogen-bond acceptors (Lipinski definition) is 5. The van der Waals surface area contributed by atoms with Crippen molar-refractivity contribution in [1.29, 1.82) is 0 Å². The minimum atomic E-state index is -3.18. The molecule has 0 bridgehead atoms. The molecule has 2 N–H and O–H groups in total. The summed E-state index contributed by atoms with van der Waals surface area (Å²) in [7, 11) is -3.18. The number of nitrogens with two attached hydrogens (primary N) is 1. The zero-order valence-corrected chi connectivity index (χ0v) is 11.0. The van der Waals surface area contributed by atoms with Crippen LogP contribution in [0, 0.1) is 6.92 Å². The van der Waals surface area contributed by atoms with E-state index >= 15 is 0 Å². The van der Waals surface area contributed by atoms with Crippen LogP contribution < -0.4 is 5.73 Å². The second kappa shape index (κ2) is 4.45. The van der Waals surface area contributed by atoms with Crippen molar-refractivity contribution in [1.82, 2.24) is 5.16 Å². The Labute approximate surface area is 106 Å². The average molecular weight is 266 g/mol. The third-order valence-electron chi connectivity index (χ3n) is 2.53. The van der Waals surface area contributed by atoms with E-state index < -0.39 is 9.84 Å². The highest BCUT2D eigenvalue weighted by atomic mass is 32.2. The zero-order valence-electron chi connectivity index (χ0n) is 10.2. The van der Waals surface area contributed by atoms with Crippen molar-refractivity contribution < 1.29 is 12.9 Å². The van der Waals surface area contributed by atoms with Gasteiger partial charge in [0.1, 0.15) is 5.69 Å². The van der Waals surface area contributed by atoms with Gasteiger partial charge in [-0.15, -0.1) is 0 Å². The molecule has 96 valence electrons. The van der Waals surface area contributed by atoms with Crippen LogP contribution in [-0.2, 0) is 15.6 Å². The van der Waals surface area contributed by atoms with Gasteiger partial charge in [0.05, 0.1) is 11.3 Å². The van der Waals surface area contributed by atoms with Crippen LogP contribution >= 0.6 is 0 Å². The molecule has 0 radical (unpaired) electrons. The van der Waals surface area contributed by atoms with Gasteiger partial charge in [0.25, 0.3) is 0 Å². The fourth-order valence-corrected chi connectivity index (χ4v) is 2.41. The molecule has 0 spiro atoms. The molecular weight excluding hydrogens is 252 g/mol. The van der Waals surface area contributed by atoms with Crippen molar-refractivity contribution >= 4 is 15.7 Å². The Hall–Kier alpha value is -1.82. The summed E-state index contributed by atoms with van der Waals surface area (Å²) >= 11 is 0. The lowest BCUT2D eigenvalue weighted by Gasteiger charge is -2.02. The number of rotatable bonds is 3. The van der Waals surface area contributed by atoms with Crippen molar-refractivity contribution in [2.75, 3.05) is 12.0 Å². The highest BCUT2D eigenvalue weighted by Crippen LogP contribution is 2.30. The van der Waals surface area contributed by atoms with E-state index in [0.29, 0.717) is 11.3 Å². The van der Waals surface area contributed by atoms with Gasteiger partial charge in [0.2, 0.25) is 5.88 Å². The number of aryl methyl sites for hydroxylation is 1. The lowest BCUT2D eigenvalue weighted by atomic mass is 10.0. The van der Waals surface area contributed by atoms with Gasteiger partial charge < -0.3 is 10.3 Å². The maximum Gasteiger partial charge on any atom is 0.230 e. The van der Waals surface area contributed by atoms with E-state index in [9.17, 15) is 8.42 Å². The summed E-state index contributed by atoms with van der Waals surface area (Å²) in [4.78, 5) is 0. The number of anilines is 1. The maximum absolute atomic E-state index is 11.3. The number of aromatic nitrogens is 1. The molecule has 2 rings (SSSR count). The summed E-state index contributed by atoms with van der Waals surface area (Å²) in [6.07, 6.45) is 1.15. The van der Waals surface area contributed by atoms with Crippen molar-refractivity contribution in [3.8, 4) is 11.1 Å². The van der Waals surface area contributed by atoms with Gasteiger partial charge in [-0.2, -0.15) is 0 Å². The molecule has 0 saturated carbocycles. The van der Waals surface area contributed by atoms with E-state index in [1.165, 1.54) is 0 Å². The lowest BCUT2D eigenvalue weighted by Crippen LogP contribution is -2.02. The fraction of sp³-hybridized carbons (Fsp3) is 0.250. The monoisotopic (exact) mass is 266 g/mol. The predicted molar refractivity (Wildman–Crippen MR) is 69.6 cm³/mol. The number of nitrogen functional groups attached to an aromatic ring is 1. The molecule has 1 aromatic heterocycles. The lowest BCUT2D eigenvalue weighted by molar-refractivity contribution is 0.430. The van der Waals surface area contributed by atoms with Crippen molar-refractivity contribution in [3.05, 3.63) is 35.5 Å². The number of benzene rings is 1.